The van der Waals surface area contributed by atoms with Gasteiger partial charge in [-0.05, 0) is 38.1 Å². The van der Waals surface area contributed by atoms with Crippen molar-refractivity contribution in [3.8, 4) is 5.75 Å². The lowest BCUT2D eigenvalue weighted by molar-refractivity contribution is -0.139. The van der Waals surface area contributed by atoms with Gasteiger partial charge in [-0.25, -0.2) is 4.79 Å². The Hall–Kier alpha value is -2.99. The Labute approximate surface area is 168 Å². The molecular weight excluding hydrogens is 358 g/mol. The summed E-state index contributed by atoms with van der Waals surface area (Å²) in [6.45, 7) is 14.9. The summed E-state index contributed by atoms with van der Waals surface area (Å²) in [7, 11) is 0. The Morgan fingerprint density at radius 2 is 1.93 bits per heavy atom. The molecule has 156 valence electrons. The number of carboxylic acid groups (broad SMARTS) is 1. The number of benzene rings is 1. The highest BCUT2D eigenvalue weighted by molar-refractivity contribution is 5.68. The molecule has 1 aromatic carbocycles. The molecule has 0 saturated heterocycles. The number of carboxylic acids is 1. The number of para-hydroxylation sites is 1. The molecule has 3 N–H and O–H groups in total. The van der Waals surface area contributed by atoms with E-state index >= 15 is 0 Å². The van der Waals surface area contributed by atoms with E-state index in [0.717, 1.165) is 17.5 Å². The van der Waals surface area contributed by atoms with Gasteiger partial charge in [0.05, 0.1) is 19.5 Å². The predicted octanol–water partition coefficient (Wildman–Crippen LogP) is 4.36. The van der Waals surface area contributed by atoms with Crippen molar-refractivity contribution < 1.29 is 24.1 Å². The average Bonchev–Trinajstić information content (AvgIpc) is 2.64. The minimum Gasteiger partial charge on any atom is -0.497 e. The average molecular weight is 392 g/mol. The number of allylic oxidation sites excluding steroid dienone is 1. The second-order valence-electron chi connectivity index (χ2n) is 5.22. The van der Waals surface area contributed by atoms with Crippen LogP contribution in [-0.2, 0) is 20.9 Å². The standard InChI is InChI=1S/C17H22O5.C3H6.C2H5N/c1-3-4-9-20-10-6-11-21-12-15-8-5-7-14(2)17(15)22-13-16(18)19;1-3-2;1-2-3/h3,5-8,11H,1,4,9-10,12-13H2,2H3,(H,18,19);3H,1H2,2H3;2H,1,3H2/b11-6+;;. The normalized spacial score (nSPS) is 9.21. The van der Waals surface area contributed by atoms with Gasteiger partial charge in [0.25, 0.3) is 0 Å². The number of aryl methyl sites for hydroxylation is 1. The van der Waals surface area contributed by atoms with E-state index in [0.29, 0.717) is 25.6 Å². The van der Waals surface area contributed by atoms with Crippen molar-refractivity contribution in [3.05, 3.63) is 79.8 Å². The molecule has 0 amide bonds. The zero-order valence-electron chi connectivity index (χ0n) is 16.9. The molecule has 0 radical (unpaired) electrons. The van der Waals surface area contributed by atoms with Crippen LogP contribution in [0.25, 0.3) is 0 Å². The third kappa shape index (κ3) is 16.5. The van der Waals surface area contributed by atoms with E-state index in [4.69, 9.17) is 19.3 Å². The van der Waals surface area contributed by atoms with Gasteiger partial charge < -0.3 is 25.1 Å². The topological polar surface area (TPSA) is 91.0 Å². The van der Waals surface area contributed by atoms with Gasteiger partial charge in [0.15, 0.2) is 6.61 Å². The summed E-state index contributed by atoms with van der Waals surface area (Å²) in [6.07, 6.45) is 8.97. The third-order valence-electron chi connectivity index (χ3n) is 2.75. The zero-order chi connectivity index (χ0) is 21.6. The van der Waals surface area contributed by atoms with E-state index in [1.807, 2.05) is 32.0 Å². The smallest absolute Gasteiger partial charge is 0.341 e. The minimum atomic E-state index is -1.01. The van der Waals surface area contributed by atoms with E-state index in [2.05, 4.69) is 25.5 Å². The van der Waals surface area contributed by atoms with Crippen molar-refractivity contribution in [2.75, 3.05) is 19.8 Å². The molecule has 0 spiro atoms. The molecule has 28 heavy (non-hydrogen) atoms. The number of carbonyl (C=O) groups is 1. The largest absolute Gasteiger partial charge is 0.497 e. The van der Waals surface area contributed by atoms with Gasteiger partial charge in [0.1, 0.15) is 12.4 Å². The van der Waals surface area contributed by atoms with E-state index < -0.39 is 5.97 Å². The summed E-state index contributed by atoms with van der Waals surface area (Å²) in [5.74, 6) is -0.452. The molecule has 0 unspecified atom stereocenters. The molecule has 0 saturated carbocycles. The molecule has 0 aliphatic heterocycles. The molecule has 0 aliphatic carbocycles. The van der Waals surface area contributed by atoms with Gasteiger partial charge in [-0.1, -0.05) is 36.9 Å². The molecule has 0 heterocycles. The highest BCUT2D eigenvalue weighted by Crippen LogP contribution is 2.24. The maximum atomic E-state index is 10.6. The molecule has 6 heteroatoms. The van der Waals surface area contributed by atoms with Crippen LogP contribution >= 0.6 is 0 Å². The highest BCUT2D eigenvalue weighted by Gasteiger charge is 2.08. The SMILES string of the molecule is C=CC.C=CCCOC/C=C/OCc1cccc(C)c1OCC(=O)O.C=CN. The van der Waals surface area contributed by atoms with Gasteiger partial charge in [-0.2, -0.15) is 0 Å². The fourth-order valence-electron chi connectivity index (χ4n) is 1.73. The number of aliphatic carboxylic acids is 1. The summed E-state index contributed by atoms with van der Waals surface area (Å²) < 4.78 is 16.0. The van der Waals surface area contributed by atoms with Gasteiger partial charge in [0, 0.05) is 5.56 Å². The first-order valence-electron chi connectivity index (χ1n) is 8.76. The summed E-state index contributed by atoms with van der Waals surface area (Å²) >= 11 is 0. The van der Waals surface area contributed by atoms with Crippen molar-refractivity contribution in [2.45, 2.75) is 26.9 Å². The first-order chi connectivity index (χ1) is 13.5. The van der Waals surface area contributed by atoms with Gasteiger partial charge in [-0.15, -0.1) is 13.2 Å². The van der Waals surface area contributed by atoms with Crippen molar-refractivity contribution in [1.29, 1.82) is 0 Å². The summed E-state index contributed by atoms with van der Waals surface area (Å²) in [5, 5.41) is 8.70. The van der Waals surface area contributed by atoms with Gasteiger partial charge >= 0.3 is 5.97 Å². The van der Waals surface area contributed by atoms with Crippen molar-refractivity contribution in [2.24, 2.45) is 5.73 Å². The second-order valence-corrected chi connectivity index (χ2v) is 5.22. The molecular formula is C22H33NO5. The van der Waals surface area contributed by atoms with Crippen molar-refractivity contribution in [3.63, 3.8) is 0 Å². The van der Waals surface area contributed by atoms with Crippen LogP contribution < -0.4 is 10.5 Å². The Morgan fingerprint density at radius 1 is 1.29 bits per heavy atom. The first kappa shape index (κ1) is 27.2. The molecule has 1 rings (SSSR count). The van der Waals surface area contributed by atoms with Crippen LogP contribution in [0.15, 0.2) is 68.6 Å². The summed E-state index contributed by atoms with van der Waals surface area (Å²) in [6, 6.07) is 5.59. The Morgan fingerprint density at radius 3 is 2.50 bits per heavy atom. The fourth-order valence-corrected chi connectivity index (χ4v) is 1.73. The van der Waals surface area contributed by atoms with E-state index in [1.165, 1.54) is 6.20 Å². The predicted molar refractivity (Wildman–Crippen MR) is 114 cm³/mol. The van der Waals surface area contributed by atoms with Crippen molar-refractivity contribution >= 4 is 5.97 Å². The van der Waals surface area contributed by atoms with Gasteiger partial charge in [0.2, 0.25) is 0 Å². The third-order valence-corrected chi connectivity index (χ3v) is 2.75. The molecule has 1 aromatic rings. The first-order valence-corrected chi connectivity index (χ1v) is 8.76. The fraction of sp³-hybridized carbons (Fsp3) is 0.318. The Balaban J connectivity index is 0. The van der Waals surface area contributed by atoms with Crippen LogP contribution in [-0.4, -0.2) is 30.9 Å². The van der Waals surface area contributed by atoms with E-state index in [9.17, 15) is 4.79 Å². The maximum Gasteiger partial charge on any atom is 0.341 e. The Bertz CT molecular complexity index is 591. The van der Waals surface area contributed by atoms with Crippen LogP contribution in [0.4, 0.5) is 0 Å². The lowest BCUT2D eigenvalue weighted by Crippen LogP contribution is -2.11. The molecule has 0 atom stereocenters. The maximum absolute atomic E-state index is 10.6. The van der Waals surface area contributed by atoms with E-state index in [-0.39, 0.29) is 6.61 Å². The quantitative estimate of drug-likeness (QED) is 0.331. The van der Waals surface area contributed by atoms with Crippen LogP contribution in [0, 0.1) is 6.92 Å². The van der Waals surface area contributed by atoms with Gasteiger partial charge in [-0.3, -0.25) is 0 Å². The molecule has 0 aliphatic rings. The second kappa shape index (κ2) is 20.3. The lowest BCUT2D eigenvalue weighted by Gasteiger charge is -2.12. The molecule has 0 fully saturated rings. The molecule has 0 bridgehead atoms. The summed E-state index contributed by atoms with van der Waals surface area (Å²) in [4.78, 5) is 10.6. The Kier molecular flexibility index (Phi) is 19.8. The number of rotatable bonds is 11. The zero-order valence-corrected chi connectivity index (χ0v) is 16.9. The lowest BCUT2D eigenvalue weighted by atomic mass is 10.1. The monoisotopic (exact) mass is 391 g/mol. The van der Waals surface area contributed by atoms with Crippen LogP contribution in [0.1, 0.15) is 24.5 Å². The number of nitrogens with two attached hydrogens (primary N) is 1. The van der Waals surface area contributed by atoms with Crippen molar-refractivity contribution in [1.82, 2.24) is 0 Å². The number of hydrogen-bond acceptors (Lipinski definition) is 5. The van der Waals surface area contributed by atoms with Crippen LogP contribution in [0.2, 0.25) is 0 Å². The minimum absolute atomic E-state index is 0.305. The molecule has 0 aromatic heterocycles. The number of hydrogen-bond donors (Lipinski definition) is 2. The summed E-state index contributed by atoms with van der Waals surface area (Å²) in [5.41, 5.74) is 6.29. The van der Waals surface area contributed by atoms with E-state index in [1.54, 1.807) is 24.5 Å². The highest BCUT2D eigenvalue weighted by atomic mass is 16.5. The number of ether oxygens (including phenoxy) is 3. The van der Waals surface area contributed by atoms with Crippen LogP contribution in [0.3, 0.4) is 0 Å². The van der Waals surface area contributed by atoms with Crippen LogP contribution in [0.5, 0.6) is 5.75 Å². The molecule has 6 nitrogen and oxygen atoms in total.